The SMILES string of the molecule is Cc1cn(C(=O)CCCCCOC(=O)C(C)C)c(=O)[nH]c1=O. The highest BCUT2D eigenvalue weighted by atomic mass is 16.5. The summed E-state index contributed by atoms with van der Waals surface area (Å²) in [5.41, 5.74) is -0.888. The number of hydrogen-bond donors (Lipinski definition) is 1. The molecule has 0 atom stereocenters. The highest BCUT2D eigenvalue weighted by molar-refractivity contribution is 5.78. The summed E-state index contributed by atoms with van der Waals surface area (Å²) in [4.78, 5) is 48.0. The maximum absolute atomic E-state index is 11.9. The van der Waals surface area contributed by atoms with Crippen molar-refractivity contribution in [2.24, 2.45) is 5.92 Å². The van der Waals surface area contributed by atoms with Gasteiger partial charge < -0.3 is 4.74 Å². The number of H-pyrrole nitrogens is 1. The van der Waals surface area contributed by atoms with Gasteiger partial charge in [-0.15, -0.1) is 0 Å². The van der Waals surface area contributed by atoms with Gasteiger partial charge in [0.25, 0.3) is 5.56 Å². The first-order chi connectivity index (χ1) is 10.3. The van der Waals surface area contributed by atoms with Crippen molar-refractivity contribution >= 4 is 11.9 Å². The Bertz CT molecular complexity index is 642. The van der Waals surface area contributed by atoms with Gasteiger partial charge >= 0.3 is 11.7 Å². The molecule has 0 saturated heterocycles. The molecule has 0 aromatic carbocycles. The molecule has 7 nitrogen and oxygen atoms in total. The van der Waals surface area contributed by atoms with Crippen LogP contribution in [0.15, 0.2) is 15.8 Å². The average Bonchev–Trinajstić information content (AvgIpc) is 2.45. The molecule has 0 fully saturated rings. The smallest absolute Gasteiger partial charge is 0.335 e. The van der Waals surface area contributed by atoms with E-state index in [0.29, 0.717) is 31.4 Å². The van der Waals surface area contributed by atoms with Crippen LogP contribution in [0, 0.1) is 12.8 Å². The zero-order valence-electron chi connectivity index (χ0n) is 13.2. The first kappa shape index (κ1) is 17.9. The predicted octanol–water partition coefficient (Wildman–Crippen LogP) is 1.24. The lowest BCUT2D eigenvalue weighted by Crippen LogP contribution is -2.34. The monoisotopic (exact) mass is 310 g/mol. The van der Waals surface area contributed by atoms with Gasteiger partial charge in [-0.1, -0.05) is 13.8 Å². The van der Waals surface area contributed by atoms with Crippen molar-refractivity contribution in [1.29, 1.82) is 0 Å². The van der Waals surface area contributed by atoms with E-state index < -0.39 is 11.2 Å². The molecule has 0 spiro atoms. The molecule has 1 N–H and O–H groups in total. The first-order valence-corrected chi connectivity index (χ1v) is 7.35. The quantitative estimate of drug-likeness (QED) is 0.603. The summed E-state index contributed by atoms with van der Waals surface area (Å²) in [5.74, 6) is -0.730. The number of rotatable bonds is 7. The first-order valence-electron chi connectivity index (χ1n) is 7.35. The lowest BCUT2D eigenvalue weighted by atomic mass is 10.2. The van der Waals surface area contributed by atoms with Crippen molar-refractivity contribution in [1.82, 2.24) is 9.55 Å². The van der Waals surface area contributed by atoms with E-state index in [1.54, 1.807) is 13.8 Å². The Balaban J connectivity index is 2.36. The third-order valence-electron chi connectivity index (χ3n) is 3.14. The Morgan fingerprint density at radius 1 is 1.23 bits per heavy atom. The minimum absolute atomic E-state index is 0.142. The van der Waals surface area contributed by atoms with Crippen molar-refractivity contribution in [3.05, 3.63) is 32.6 Å². The van der Waals surface area contributed by atoms with Crippen LogP contribution in [0.5, 0.6) is 0 Å². The summed E-state index contributed by atoms with van der Waals surface area (Å²) < 4.78 is 5.95. The molecule has 1 heterocycles. The lowest BCUT2D eigenvalue weighted by molar-refractivity contribution is -0.147. The van der Waals surface area contributed by atoms with Crippen molar-refractivity contribution < 1.29 is 14.3 Å². The summed E-state index contributed by atoms with van der Waals surface area (Å²) in [6.07, 6.45) is 3.43. The largest absolute Gasteiger partial charge is 0.465 e. The Morgan fingerprint density at radius 3 is 2.55 bits per heavy atom. The number of aryl methyl sites for hydroxylation is 1. The third-order valence-corrected chi connectivity index (χ3v) is 3.14. The molecule has 0 radical (unpaired) electrons. The summed E-state index contributed by atoms with van der Waals surface area (Å²) in [5, 5.41) is 0. The van der Waals surface area contributed by atoms with Crippen LogP contribution in [0.4, 0.5) is 0 Å². The van der Waals surface area contributed by atoms with E-state index in [1.807, 2.05) is 0 Å². The second kappa shape index (κ2) is 8.31. The summed E-state index contributed by atoms with van der Waals surface area (Å²) in [6, 6.07) is 0. The summed E-state index contributed by atoms with van der Waals surface area (Å²) >= 11 is 0. The Morgan fingerprint density at radius 2 is 1.91 bits per heavy atom. The van der Waals surface area contributed by atoms with E-state index in [4.69, 9.17) is 4.74 Å². The molecular weight excluding hydrogens is 288 g/mol. The molecule has 1 aromatic heterocycles. The fourth-order valence-corrected chi connectivity index (χ4v) is 1.77. The molecule has 0 unspecified atom stereocenters. The molecule has 22 heavy (non-hydrogen) atoms. The fourth-order valence-electron chi connectivity index (χ4n) is 1.77. The normalized spacial score (nSPS) is 10.7. The Hall–Kier alpha value is -2.18. The van der Waals surface area contributed by atoms with Crippen LogP contribution in [0.2, 0.25) is 0 Å². The summed E-state index contributed by atoms with van der Waals surface area (Å²) in [6.45, 7) is 5.41. The molecule has 0 bridgehead atoms. The van der Waals surface area contributed by atoms with E-state index in [9.17, 15) is 19.2 Å². The van der Waals surface area contributed by atoms with Crippen LogP contribution in [-0.2, 0) is 9.53 Å². The van der Waals surface area contributed by atoms with E-state index in [0.717, 1.165) is 4.57 Å². The molecule has 0 aliphatic heterocycles. The number of hydrogen-bond acceptors (Lipinski definition) is 5. The second-order valence-electron chi connectivity index (χ2n) is 5.47. The number of esters is 1. The number of carbonyl (C=O) groups excluding carboxylic acids is 2. The lowest BCUT2D eigenvalue weighted by Gasteiger charge is -2.07. The standard InChI is InChI=1S/C15H22N2O5/c1-10(2)14(20)22-8-6-4-5-7-12(18)17-9-11(3)13(19)16-15(17)21/h9-10H,4-8H2,1-3H3,(H,16,19,21). The van der Waals surface area contributed by atoms with E-state index in [-0.39, 0.29) is 24.2 Å². The van der Waals surface area contributed by atoms with Gasteiger partial charge in [0.15, 0.2) is 0 Å². The van der Waals surface area contributed by atoms with Crippen LogP contribution >= 0.6 is 0 Å². The van der Waals surface area contributed by atoms with Crippen LogP contribution in [-0.4, -0.2) is 28.0 Å². The molecule has 7 heteroatoms. The number of carbonyl (C=O) groups is 2. The van der Waals surface area contributed by atoms with E-state index in [1.165, 1.54) is 13.1 Å². The highest BCUT2D eigenvalue weighted by Crippen LogP contribution is 2.04. The van der Waals surface area contributed by atoms with Gasteiger partial charge in [-0.25, -0.2) is 9.36 Å². The Labute approximate surface area is 128 Å². The van der Waals surface area contributed by atoms with Crippen LogP contribution < -0.4 is 11.2 Å². The van der Waals surface area contributed by atoms with Gasteiger partial charge in [0.2, 0.25) is 5.91 Å². The van der Waals surface area contributed by atoms with Crippen molar-refractivity contribution in [3.63, 3.8) is 0 Å². The van der Waals surface area contributed by atoms with Crippen molar-refractivity contribution in [3.8, 4) is 0 Å². The minimum atomic E-state index is -0.716. The minimum Gasteiger partial charge on any atom is -0.465 e. The van der Waals surface area contributed by atoms with Gasteiger partial charge in [-0.05, 0) is 26.2 Å². The third kappa shape index (κ3) is 5.31. The Kier molecular flexibility index (Phi) is 6.75. The van der Waals surface area contributed by atoms with Gasteiger partial charge in [-0.2, -0.15) is 0 Å². The molecule has 0 saturated carbocycles. The molecule has 1 aromatic rings. The highest BCUT2D eigenvalue weighted by Gasteiger charge is 2.10. The maximum Gasteiger partial charge on any atom is 0.335 e. The molecule has 122 valence electrons. The molecule has 0 aliphatic carbocycles. The van der Waals surface area contributed by atoms with E-state index >= 15 is 0 Å². The number of aromatic nitrogens is 2. The molecule has 0 amide bonds. The second-order valence-corrected chi connectivity index (χ2v) is 5.47. The summed E-state index contributed by atoms with van der Waals surface area (Å²) in [7, 11) is 0. The molecule has 0 aliphatic rings. The van der Waals surface area contributed by atoms with Gasteiger partial charge in [-0.3, -0.25) is 19.4 Å². The van der Waals surface area contributed by atoms with Crippen LogP contribution in [0.1, 0.15) is 49.9 Å². The van der Waals surface area contributed by atoms with Gasteiger partial charge in [0.05, 0.1) is 12.5 Å². The number of unbranched alkanes of at least 4 members (excludes halogenated alkanes) is 2. The van der Waals surface area contributed by atoms with Crippen LogP contribution in [0.3, 0.4) is 0 Å². The predicted molar refractivity (Wildman–Crippen MR) is 81.0 cm³/mol. The topological polar surface area (TPSA) is 98.2 Å². The number of nitrogens with zero attached hydrogens (tertiary/aromatic N) is 1. The molecule has 1 rings (SSSR count). The maximum atomic E-state index is 11.9. The fraction of sp³-hybridized carbons (Fsp3) is 0.600. The average molecular weight is 310 g/mol. The van der Waals surface area contributed by atoms with Crippen molar-refractivity contribution in [2.75, 3.05) is 6.61 Å². The van der Waals surface area contributed by atoms with E-state index in [2.05, 4.69) is 4.98 Å². The zero-order valence-corrected chi connectivity index (χ0v) is 13.2. The van der Waals surface area contributed by atoms with Crippen LogP contribution in [0.25, 0.3) is 0 Å². The number of nitrogens with one attached hydrogen (secondary N) is 1. The van der Waals surface area contributed by atoms with Gasteiger partial charge in [0, 0.05) is 18.2 Å². The molecular formula is C15H22N2O5. The van der Waals surface area contributed by atoms with Gasteiger partial charge in [0.1, 0.15) is 0 Å². The number of ether oxygens (including phenoxy) is 1. The zero-order chi connectivity index (χ0) is 16.7. The number of aromatic amines is 1. The van der Waals surface area contributed by atoms with Crippen molar-refractivity contribution in [2.45, 2.75) is 46.5 Å².